The van der Waals surface area contributed by atoms with Gasteiger partial charge in [-0.15, -0.1) is 10.2 Å². The summed E-state index contributed by atoms with van der Waals surface area (Å²) >= 11 is 1.62. The highest BCUT2D eigenvalue weighted by Crippen LogP contribution is 2.21. The minimum absolute atomic E-state index is 0.00883. The average molecular weight is 382 g/mol. The average Bonchev–Trinajstić information content (AvgIpc) is 3.07. The molecule has 6 heteroatoms. The minimum atomic E-state index is 0.00883. The fourth-order valence-electron chi connectivity index (χ4n) is 2.82. The standard InChI is InChI=1S/C21H23N3O2S/c1-3-24-20(15-17-9-5-4-6-10-17)22-23-21(24)27-14-13-26-19-12-8-7-11-18(19)16(2)25/h4-12H,3,13-15H2,1-2H3. The van der Waals surface area contributed by atoms with Crippen LogP contribution in [0.1, 0.15) is 35.6 Å². The predicted octanol–water partition coefficient (Wildman–Crippen LogP) is 4.26. The van der Waals surface area contributed by atoms with E-state index in [0.717, 1.165) is 29.7 Å². The molecule has 0 atom stereocenters. The number of nitrogens with zero attached hydrogens (tertiary/aromatic N) is 3. The number of benzene rings is 2. The topological polar surface area (TPSA) is 57.0 Å². The van der Waals surface area contributed by atoms with Crippen molar-refractivity contribution in [1.29, 1.82) is 0 Å². The Morgan fingerprint density at radius 3 is 2.56 bits per heavy atom. The number of thioether (sulfide) groups is 1. The third-order valence-corrected chi connectivity index (χ3v) is 5.08. The Kier molecular flexibility index (Phi) is 6.65. The fourth-order valence-corrected chi connectivity index (χ4v) is 3.66. The van der Waals surface area contributed by atoms with Crippen LogP contribution in [0.3, 0.4) is 0 Å². The maximum absolute atomic E-state index is 11.6. The molecule has 0 saturated heterocycles. The smallest absolute Gasteiger partial charge is 0.191 e. The van der Waals surface area contributed by atoms with Crippen molar-refractivity contribution in [3.63, 3.8) is 0 Å². The van der Waals surface area contributed by atoms with Crippen LogP contribution in [0.25, 0.3) is 0 Å². The van der Waals surface area contributed by atoms with Gasteiger partial charge in [-0.3, -0.25) is 4.79 Å². The molecule has 0 bridgehead atoms. The molecule has 0 unspecified atom stereocenters. The molecule has 1 heterocycles. The summed E-state index contributed by atoms with van der Waals surface area (Å²) in [6, 6.07) is 17.6. The van der Waals surface area contributed by atoms with Crippen LogP contribution in [-0.2, 0) is 13.0 Å². The van der Waals surface area contributed by atoms with Crippen molar-refractivity contribution in [1.82, 2.24) is 14.8 Å². The molecule has 0 aliphatic carbocycles. The van der Waals surface area contributed by atoms with E-state index in [1.54, 1.807) is 24.8 Å². The predicted molar refractivity (Wildman–Crippen MR) is 108 cm³/mol. The second-order valence-electron chi connectivity index (χ2n) is 6.05. The fraction of sp³-hybridized carbons (Fsp3) is 0.286. The number of carbonyl (C=O) groups excluding carboxylic acids is 1. The van der Waals surface area contributed by atoms with Gasteiger partial charge in [0.25, 0.3) is 0 Å². The minimum Gasteiger partial charge on any atom is -0.492 e. The van der Waals surface area contributed by atoms with Crippen LogP contribution in [0.15, 0.2) is 59.8 Å². The van der Waals surface area contributed by atoms with Gasteiger partial charge < -0.3 is 9.30 Å². The van der Waals surface area contributed by atoms with Crippen LogP contribution in [0, 0.1) is 0 Å². The molecule has 27 heavy (non-hydrogen) atoms. The summed E-state index contributed by atoms with van der Waals surface area (Å²) < 4.78 is 7.94. The van der Waals surface area contributed by atoms with E-state index in [9.17, 15) is 4.79 Å². The Hall–Kier alpha value is -2.60. The number of rotatable bonds is 9. The normalized spacial score (nSPS) is 10.7. The van der Waals surface area contributed by atoms with E-state index in [1.807, 2.05) is 36.4 Å². The number of aromatic nitrogens is 3. The summed E-state index contributed by atoms with van der Waals surface area (Å²) in [4.78, 5) is 11.6. The molecule has 0 N–H and O–H groups in total. The van der Waals surface area contributed by atoms with Crippen LogP contribution in [-0.4, -0.2) is 32.9 Å². The first-order valence-electron chi connectivity index (χ1n) is 9.00. The van der Waals surface area contributed by atoms with Gasteiger partial charge in [-0.1, -0.05) is 54.2 Å². The summed E-state index contributed by atoms with van der Waals surface area (Å²) in [6.45, 7) is 4.97. The Balaban J connectivity index is 1.58. The molecule has 0 amide bonds. The zero-order valence-corrected chi connectivity index (χ0v) is 16.4. The van der Waals surface area contributed by atoms with Gasteiger partial charge in [0.15, 0.2) is 10.9 Å². The van der Waals surface area contributed by atoms with Crippen LogP contribution in [0.4, 0.5) is 0 Å². The molecule has 0 spiro atoms. The first-order chi connectivity index (χ1) is 13.2. The largest absolute Gasteiger partial charge is 0.492 e. The highest BCUT2D eigenvalue weighted by atomic mass is 32.2. The van der Waals surface area contributed by atoms with Gasteiger partial charge in [0.1, 0.15) is 11.6 Å². The maximum Gasteiger partial charge on any atom is 0.191 e. The van der Waals surface area contributed by atoms with Crippen LogP contribution >= 0.6 is 11.8 Å². The molecule has 1 aromatic heterocycles. The van der Waals surface area contributed by atoms with E-state index in [2.05, 4.69) is 33.8 Å². The molecular weight excluding hydrogens is 358 g/mol. The molecule has 0 aliphatic heterocycles. The van der Waals surface area contributed by atoms with Crippen LogP contribution < -0.4 is 4.74 Å². The second kappa shape index (κ2) is 9.37. The zero-order chi connectivity index (χ0) is 19.1. The monoisotopic (exact) mass is 381 g/mol. The number of Topliss-reactive ketones (excluding diaryl/α,β-unsaturated/α-hetero) is 1. The van der Waals surface area contributed by atoms with E-state index in [-0.39, 0.29) is 5.78 Å². The van der Waals surface area contributed by atoms with Gasteiger partial charge in [-0.05, 0) is 31.5 Å². The molecule has 5 nitrogen and oxygen atoms in total. The summed E-state index contributed by atoms with van der Waals surface area (Å²) in [5.41, 5.74) is 1.84. The third kappa shape index (κ3) is 4.98. The van der Waals surface area contributed by atoms with Crippen molar-refractivity contribution in [2.45, 2.75) is 32.0 Å². The van der Waals surface area contributed by atoms with Gasteiger partial charge >= 0.3 is 0 Å². The number of ketones is 1. The lowest BCUT2D eigenvalue weighted by molar-refractivity contribution is 0.101. The Morgan fingerprint density at radius 1 is 1.07 bits per heavy atom. The maximum atomic E-state index is 11.6. The van der Waals surface area contributed by atoms with E-state index in [0.29, 0.717) is 17.9 Å². The van der Waals surface area contributed by atoms with Crippen molar-refractivity contribution in [3.05, 3.63) is 71.5 Å². The summed E-state index contributed by atoms with van der Waals surface area (Å²) in [5.74, 6) is 2.34. The summed E-state index contributed by atoms with van der Waals surface area (Å²) in [6.07, 6.45) is 0.769. The Morgan fingerprint density at radius 2 is 1.81 bits per heavy atom. The molecule has 0 saturated carbocycles. The summed E-state index contributed by atoms with van der Waals surface area (Å²) in [7, 11) is 0. The number of carbonyl (C=O) groups is 1. The van der Waals surface area contributed by atoms with Crippen molar-refractivity contribution < 1.29 is 9.53 Å². The molecule has 140 valence electrons. The van der Waals surface area contributed by atoms with E-state index in [1.165, 1.54) is 5.56 Å². The SMILES string of the molecule is CCn1c(Cc2ccccc2)nnc1SCCOc1ccccc1C(C)=O. The van der Waals surface area contributed by atoms with Gasteiger partial charge in [-0.2, -0.15) is 0 Å². The molecule has 2 aromatic carbocycles. The van der Waals surface area contributed by atoms with Crippen molar-refractivity contribution >= 4 is 17.5 Å². The van der Waals surface area contributed by atoms with E-state index >= 15 is 0 Å². The van der Waals surface area contributed by atoms with Crippen molar-refractivity contribution in [2.24, 2.45) is 0 Å². The quantitative estimate of drug-likeness (QED) is 0.315. The van der Waals surface area contributed by atoms with Gasteiger partial charge in [0, 0.05) is 18.7 Å². The van der Waals surface area contributed by atoms with Gasteiger partial charge in [0.2, 0.25) is 0 Å². The lowest BCUT2D eigenvalue weighted by Gasteiger charge is -2.10. The number of hydrogen-bond acceptors (Lipinski definition) is 5. The Labute approximate surface area is 163 Å². The van der Waals surface area contributed by atoms with Crippen molar-refractivity contribution in [2.75, 3.05) is 12.4 Å². The van der Waals surface area contributed by atoms with Crippen molar-refractivity contribution in [3.8, 4) is 5.75 Å². The highest BCUT2D eigenvalue weighted by molar-refractivity contribution is 7.99. The van der Waals surface area contributed by atoms with Crippen LogP contribution in [0.2, 0.25) is 0 Å². The lowest BCUT2D eigenvalue weighted by Crippen LogP contribution is -2.07. The molecule has 3 aromatic rings. The number of para-hydroxylation sites is 1. The first kappa shape index (κ1) is 19.2. The van der Waals surface area contributed by atoms with E-state index in [4.69, 9.17) is 4.74 Å². The van der Waals surface area contributed by atoms with E-state index < -0.39 is 0 Å². The third-order valence-electron chi connectivity index (χ3n) is 4.15. The van der Waals surface area contributed by atoms with Gasteiger partial charge in [0.05, 0.1) is 12.2 Å². The van der Waals surface area contributed by atoms with Gasteiger partial charge in [-0.25, -0.2) is 0 Å². The first-order valence-corrected chi connectivity index (χ1v) is 9.99. The molecule has 3 rings (SSSR count). The molecular formula is C21H23N3O2S. The zero-order valence-electron chi connectivity index (χ0n) is 15.6. The Bertz CT molecular complexity index is 893. The number of hydrogen-bond donors (Lipinski definition) is 0. The lowest BCUT2D eigenvalue weighted by atomic mass is 10.1. The summed E-state index contributed by atoms with van der Waals surface area (Å²) in [5, 5.41) is 9.60. The second-order valence-corrected chi connectivity index (χ2v) is 7.12. The highest BCUT2D eigenvalue weighted by Gasteiger charge is 2.12. The molecule has 0 aliphatic rings. The molecule has 0 fully saturated rings. The van der Waals surface area contributed by atoms with Crippen LogP contribution in [0.5, 0.6) is 5.75 Å². The number of ether oxygens (including phenoxy) is 1. The molecule has 0 radical (unpaired) electrons.